The van der Waals surface area contributed by atoms with Gasteiger partial charge in [-0.3, -0.25) is 9.59 Å². The van der Waals surface area contributed by atoms with Crippen LogP contribution in [0.3, 0.4) is 0 Å². The normalized spacial score (nSPS) is 10.6. The van der Waals surface area contributed by atoms with Gasteiger partial charge in [-0.2, -0.15) is 0 Å². The van der Waals surface area contributed by atoms with Crippen molar-refractivity contribution in [3.8, 4) is 0 Å². The molecule has 25 heavy (non-hydrogen) atoms. The van der Waals surface area contributed by atoms with E-state index in [2.05, 4.69) is 5.32 Å². The highest BCUT2D eigenvalue weighted by Gasteiger charge is 2.19. The lowest BCUT2D eigenvalue weighted by Crippen LogP contribution is -2.18. The zero-order valence-electron chi connectivity index (χ0n) is 12.8. The Labute approximate surface area is 146 Å². The SMILES string of the molecule is O=C(O)CNc1ccccc1C(=O)c1cc2cc(Cl)ccc2oc1=O. The van der Waals surface area contributed by atoms with Gasteiger partial charge in [0.1, 0.15) is 17.7 Å². The quantitative estimate of drug-likeness (QED) is 0.537. The molecule has 0 aliphatic rings. The Morgan fingerprint density at radius 2 is 1.84 bits per heavy atom. The molecule has 7 heteroatoms. The van der Waals surface area contributed by atoms with E-state index in [1.54, 1.807) is 36.4 Å². The summed E-state index contributed by atoms with van der Waals surface area (Å²) in [5, 5.41) is 12.4. The first-order chi connectivity index (χ1) is 12.0. The van der Waals surface area contributed by atoms with Crippen LogP contribution in [0.25, 0.3) is 11.0 Å². The lowest BCUT2D eigenvalue weighted by Gasteiger charge is -2.09. The number of hydrogen-bond donors (Lipinski definition) is 2. The van der Waals surface area contributed by atoms with Crippen LogP contribution in [-0.4, -0.2) is 23.4 Å². The lowest BCUT2D eigenvalue weighted by molar-refractivity contribution is -0.134. The average molecular weight is 358 g/mol. The number of carboxylic acid groups (broad SMARTS) is 1. The molecule has 3 rings (SSSR count). The fourth-order valence-electron chi connectivity index (χ4n) is 2.40. The number of ketones is 1. The van der Waals surface area contributed by atoms with Crippen LogP contribution in [0, 0.1) is 0 Å². The number of nitrogens with one attached hydrogen (secondary N) is 1. The summed E-state index contributed by atoms with van der Waals surface area (Å²) < 4.78 is 5.18. The lowest BCUT2D eigenvalue weighted by atomic mass is 10.0. The average Bonchev–Trinajstić information content (AvgIpc) is 2.59. The second-order valence-corrected chi connectivity index (χ2v) is 5.69. The van der Waals surface area contributed by atoms with Gasteiger partial charge in [-0.05, 0) is 36.4 Å². The maximum Gasteiger partial charge on any atom is 0.347 e. The third-order valence-corrected chi connectivity index (χ3v) is 3.78. The van der Waals surface area contributed by atoms with Crippen LogP contribution in [-0.2, 0) is 4.79 Å². The molecule has 1 heterocycles. The van der Waals surface area contributed by atoms with E-state index in [1.807, 2.05) is 0 Å². The Balaban J connectivity index is 2.07. The molecule has 0 aliphatic heterocycles. The summed E-state index contributed by atoms with van der Waals surface area (Å²) in [7, 11) is 0. The predicted octanol–water partition coefficient (Wildman–Crippen LogP) is 3.17. The number of anilines is 1. The number of hydrogen-bond acceptors (Lipinski definition) is 5. The highest BCUT2D eigenvalue weighted by atomic mass is 35.5. The van der Waals surface area contributed by atoms with Crippen LogP contribution >= 0.6 is 11.6 Å². The molecule has 6 nitrogen and oxygen atoms in total. The summed E-state index contributed by atoms with van der Waals surface area (Å²) in [6.45, 7) is -0.355. The van der Waals surface area contributed by atoms with Gasteiger partial charge in [-0.1, -0.05) is 23.7 Å². The molecule has 0 spiro atoms. The van der Waals surface area contributed by atoms with Gasteiger partial charge in [-0.15, -0.1) is 0 Å². The molecule has 1 aromatic heterocycles. The minimum absolute atomic E-state index is 0.153. The summed E-state index contributed by atoms with van der Waals surface area (Å²) in [4.78, 5) is 35.7. The molecule has 3 aromatic rings. The number of carbonyl (C=O) groups excluding carboxylic acids is 1. The van der Waals surface area contributed by atoms with Gasteiger partial charge in [0.2, 0.25) is 5.78 Å². The first kappa shape index (κ1) is 16.7. The molecule has 126 valence electrons. The topological polar surface area (TPSA) is 96.6 Å². The van der Waals surface area contributed by atoms with Crippen LogP contribution in [0.4, 0.5) is 5.69 Å². The van der Waals surface area contributed by atoms with Gasteiger partial charge >= 0.3 is 11.6 Å². The second-order valence-electron chi connectivity index (χ2n) is 5.25. The van der Waals surface area contributed by atoms with Gasteiger partial charge in [0, 0.05) is 21.7 Å². The number of carbonyl (C=O) groups is 2. The number of carboxylic acids is 1. The van der Waals surface area contributed by atoms with Crippen LogP contribution in [0.5, 0.6) is 0 Å². The van der Waals surface area contributed by atoms with Gasteiger partial charge < -0.3 is 14.8 Å². The summed E-state index contributed by atoms with van der Waals surface area (Å²) in [6, 6.07) is 12.5. The first-order valence-electron chi connectivity index (χ1n) is 7.28. The predicted molar refractivity (Wildman–Crippen MR) is 93.5 cm³/mol. The number of benzene rings is 2. The molecule has 0 radical (unpaired) electrons. The largest absolute Gasteiger partial charge is 0.480 e. The maximum absolute atomic E-state index is 12.8. The van der Waals surface area contributed by atoms with E-state index in [1.165, 1.54) is 12.1 Å². The first-order valence-corrected chi connectivity index (χ1v) is 7.66. The van der Waals surface area contributed by atoms with E-state index in [9.17, 15) is 14.4 Å². The third-order valence-electron chi connectivity index (χ3n) is 3.54. The minimum Gasteiger partial charge on any atom is -0.480 e. The highest BCUT2D eigenvalue weighted by molar-refractivity contribution is 6.31. The maximum atomic E-state index is 12.8. The van der Waals surface area contributed by atoms with Crippen molar-refractivity contribution < 1.29 is 19.1 Å². The summed E-state index contributed by atoms with van der Waals surface area (Å²) >= 11 is 5.93. The monoisotopic (exact) mass is 357 g/mol. The van der Waals surface area contributed by atoms with Crippen LogP contribution in [0.1, 0.15) is 15.9 Å². The Bertz CT molecular complexity index is 1040. The van der Waals surface area contributed by atoms with Gasteiger partial charge in [0.15, 0.2) is 0 Å². The molecule has 0 saturated heterocycles. The number of halogens is 1. The van der Waals surface area contributed by atoms with Crippen molar-refractivity contribution in [2.24, 2.45) is 0 Å². The standard InChI is InChI=1S/C18H12ClNO5/c19-11-5-6-15-10(7-11)8-13(18(24)25-15)17(23)12-3-1-2-4-14(12)20-9-16(21)22/h1-8,20H,9H2,(H,21,22). The van der Waals surface area contributed by atoms with Crippen LogP contribution < -0.4 is 10.9 Å². The molecule has 0 saturated carbocycles. The summed E-state index contributed by atoms with van der Waals surface area (Å²) in [5.74, 6) is -1.63. The van der Waals surface area contributed by atoms with Crippen molar-refractivity contribution in [1.82, 2.24) is 0 Å². The molecule has 0 amide bonds. The van der Waals surface area contributed by atoms with Gasteiger partial charge in [0.25, 0.3) is 0 Å². The van der Waals surface area contributed by atoms with Crippen molar-refractivity contribution in [2.75, 3.05) is 11.9 Å². The smallest absolute Gasteiger partial charge is 0.347 e. The van der Waals surface area contributed by atoms with Crippen molar-refractivity contribution in [3.63, 3.8) is 0 Å². The Morgan fingerprint density at radius 1 is 1.08 bits per heavy atom. The molecular formula is C18H12ClNO5. The van der Waals surface area contributed by atoms with Crippen molar-refractivity contribution in [1.29, 1.82) is 0 Å². The molecule has 2 aromatic carbocycles. The van der Waals surface area contributed by atoms with Crippen LogP contribution in [0.15, 0.2) is 57.7 Å². The zero-order chi connectivity index (χ0) is 18.0. The fourth-order valence-corrected chi connectivity index (χ4v) is 2.58. The zero-order valence-corrected chi connectivity index (χ0v) is 13.5. The Morgan fingerprint density at radius 3 is 2.60 bits per heavy atom. The number of fused-ring (bicyclic) bond motifs is 1. The summed E-state index contributed by atoms with van der Waals surface area (Å²) in [5.41, 5.74) is -0.103. The molecule has 0 unspecified atom stereocenters. The van der Waals surface area contributed by atoms with Crippen molar-refractivity contribution in [2.45, 2.75) is 0 Å². The highest BCUT2D eigenvalue weighted by Crippen LogP contribution is 2.22. The molecule has 0 aliphatic carbocycles. The number of para-hydroxylation sites is 1. The van der Waals surface area contributed by atoms with E-state index >= 15 is 0 Å². The fraction of sp³-hybridized carbons (Fsp3) is 0.0556. The van der Waals surface area contributed by atoms with E-state index in [0.29, 0.717) is 21.7 Å². The van der Waals surface area contributed by atoms with Crippen molar-refractivity contribution in [3.05, 3.63) is 75.1 Å². The molecule has 0 bridgehead atoms. The molecule has 0 fully saturated rings. The van der Waals surface area contributed by atoms with Crippen LogP contribution in [0.2, 0.25) is 5.02 Å². The van der Waals surface area contributed by atoms with E-state index in [4.69, 9.17) is 21.1 Å². The Hall–Kier alpha value is -3.12. The van der Waals surface area contributed by atoms with Gasteiger partial charge in [-0.25, -0.2) is 4.79 Å². The van der Waals surface area contributed by atoms with E-state index in [0.717, 1.165) is 0 Å². The number of aliphatic carboxylic acids is 1. The minimum atomic E-state index is -1.07. The van der Waals surface area contributed by atoms with Crippen molar-refractivity contribution >= 4 is 40.0 Å². The Kier molecular flexibility index (Phi) is 4.54. The van der Waals surface area contributed by atoms with E-state index < -0.39 is 17.4 Å². The third kappa shape index (κ3) is 3.54. The molecule has 0 atom stereocenters. The molecule has 2 N–H and O–H groups in total. The van der Waals surface area contributed by atoms with E-state index in [-0.39, 0.29) is 17.7 Å². The summed E-state index contributed by atoms with van der Waals surface area (Å²) in [6.07, 6.45) is 0. The second kappa shape index (κ2) is 6.78. The molecular weight excluding hydrogens is 346 g/mol. The number of rotatable bonds is 5. The van der Waals surface area contributed by atoms with Gasteiger partial charge in [0.05, 0.1) is 0 Å².